The molecule has 21 heavy (non-hydrogen) atoms. The molecule has 3 rings (SSSR count). The van der Waals surface area contributed by atoms with Crippen LogP contribution in [0.15, 0.2) is 16.3 Å². The molecule has 0 radical (unpaired) electrons. The molecule has 6 heteroatoms. The minimum atomic E-state index is -2.15. The molecule has 2 aromatic heterocycles. The predicted octanol–water partition coefficient (Wildman–Crippen LogP) is 5.10. The number of phenolic OH excluding ortho intramolecular Hbond substituents is 1. The van der Waals surface area contributed by atoms with Gasteiger partial charge in [-0.25, -0.2) is 0 Å². The molecule has 3 aromatic rings. The van der Waals surface area contributed by atoms with Gasteiger partial charge in [-0.05, 0) is 0 Å². The van der Waals surface area contributed by atoms with Gasteiger partial charge in [-0.3, -0.25) is 0 Å². The third kappa shape index (κ3) is 2.56. The number of aromatic hydroxyl groups is 1. The van der Waals surface area contributed by atoms with Crippen molar-refractivity contribution in [3.05, 3.63) is 12.1 Å². The summed E-state index contributed by atoms with van der Waals surface area (Å²) in [6.07, 6.45) is 2.06. The van der Waals surface area contributed by atoms with E-state index < -0.39 is 18.4 Å². The summed E-state index contributed by atoms with van der Waals surface area (Å²) < 4.78 is 10.4. The number of fused-ring (bicyclic) bond motifs is 2. The Labute approximate surface area is 141 Å². The van der Waals surface area contributed by atoms with Crippen LogP contribution < -0.4 is 7.63 Å². The van der Waals surface area contributed by atoms with Gasteiger partial charge in [-0.2, -0.15) is 0 Å². The summed E-state index contributed by atoms with van der Waals surface area (Å²) in [5.41, 5.74) is 0. The second-order valence-corrected chi connectivity index (χ2v) is 24.6. The van der Waals surface area contributed by atoms with Crippen LogP contribution in [-0.4, -0.2) is 36.8 Å². The van der Waals surface area contributed by atoms with Gasteiger partial charge in [0.2, 0.25) is 0 Å². The number of thioether (sulfide) groups is 1. The molecule has 0 bridgehead atoms. The van der Waals surface area contributed by atoms with Crippen molar-refractivity contribution in [1.29, 1.82) is 0 Å². The summed E-state index contributed by atoms with van der Waals surface area (Å²) in [4.78, 5) is 7.20. The second-order valence-electron chi connectivity index (χ2n) is 6.00. The molecule has 0 amide bonds. The Bertz CT molecular complexity index is 827. The number of methoxy groups -OCH3 is 1. The Balaban J connectivity index is 2.43. The maximum atomic E-state index is 10.7. The first-order valence-electron chi connectivity index (χ1n) is 6.67. The van der Waals surface area contributed by atoms with Crippen LogP contribution in [0.5, 0.6) is 11.5 Å². The number of phenols is 1. The fourth-order valence-electron chi connectivity index (χ4n) is 2.37. The van der Waals surface area contributed by atoms with Gasteiger partial charge in [0.15, 0.2) is 0 Å². The Morgan fingerprint density at radius 1 is 1.10 bits per heavy atom. The molecule has 0 unspecified atom stereocenters. The normalized spacial score (nSPS) is 12.4. The van der Waals surface area contributed by atoms with Crippen molar-refractivity contribution < 1.29 is 9.84 Å². The summed E-state index contributed by atoms with van der Waals surface area (Å²) >= 11 is 3.00. The molecular formula is C15H18O2S3Sn. The first-order valence-corrected chi connectivity index (χ1v) is 19.5. The van der Waals surface area contributed by atoms with Gasteiger partial charge in [-0.15, -0.1) is 0 Å². The molecule has 1 aromatic carbocycles. The van der Waals surface area contributed by atoms with Gasteiger partial charge in [0.05, 0.1) is 0 Å². The van der Waals surface area contributed by atoms with Gasteiger partial charge >= 0.3 is 142 Å². The van der Waals surface area contributed by atoms with E-state index in [2.05, 4.69) is 33.2 Å². The van der Waals surface area contributed by atoms with E-state index in [9.17, 15) is 5.11 Å². The predicted molar refractivity (Wildman–Crippen MR) is 100 cm³/mol. The molecule has 0 fully saturated rings. The molecule has 0 saturated carbocycles. The van der Waals surface area contributed by atoms with Crippen molar-refractivity contribution in [2.45, 2.75) is 19.0 Å². The van der Waals surface area contributed by atoms with E-state index >= 15 is 0 Å². The topological polar surface area (TPSA) is 29.5 Å². The molecule has 112 valence electrons. The zero-order chi connectivity index (χ0) is 15.4. The van der Waals surface area contributed by atoms with E-state index in [1.165, 1.54) is 7.10 Å². The van der Waals surface area contributed by atoms with Crippen molar-refractivity contribution in [3.8, 4) is 11.5 Å². The zero-order valence-corrected chi connectivity index (χ0v) is 18.0. The number of rotatable bonds is 3. The molecule has 1 N–H and O–H groups in total. The van der Waals surface area contributed by atoms with Crippen molar-refractivity contribution in [2.75, 3.05) is 13.4 Å². The van der Waals surface area contributed by atoms with Gasteiger partial charge in [0, 0.05) is 0 Å². The Hall–Kier alpha value is -0.111. The van der Waals surface area contributed by atoms with Crippen LogP contribution in [0, 0.1) is 0 Å². The Morgan fingerprint density at radius 3 is 2.38 bits per heavy atom. The maximum absolute atomic E-state index is 10.7. The van der Waals surface area contributed by atoms with E-state index in [0.29, 0.717) is 5.75 Å². The van der Waals surface area contributed by atoms with E-state index in [4.69, 9.17) is 4.74 Å². The summed E-state index contributed by atoms with van der Waals surface area (Å²) in [5, 5.41) is 12.7. The average molecular weight is 445 g/mol. The summed E-state index contributed by atoms with van der Waals surface area (Å²) in [5.74, 6) is 1.34. The number of hydrogen-bond acceptors (Lipinski definition) is 5. The van der Waals surface area contributed by atoms with E-state index in [0.717, 1.165) is 25.9 Å². The third-order valence-corrected chi connectivity index (χ3v) is 16.3. The number of ether oxygens (including phenoxy) is 1. The molecule has 0 atom stereocenters. The molecular weight excluding hydrogens is 427 g/mol. The number of hydrogen-bond donors (Lipinski definition) is 1. The first kappa shape index (κ1) is 15.8. The first-order chi connectivity index (χ1) is 9.86. The monoisotopic (exact) mass is 446 g/mol. The Kier molecular flexibility index (Phi) is 4.14. The molecule has 0 aliphatic rings. The van der Waals surface area contributed by atoms with E-state index in [-0.39, 0.29) is 0 Å². The molecule has 0 saturated heterocycles. The van der Waals surface area contributed by atoms with Crippen LogP contribution in [0.1, 0.15) is 0 Å². The quantitative estimate of drug-likeness (QED) is 0.450. The summed E-state index contributed by atoms with van der Waals surface area (Å²) in [6.45, 7) is 0. The van der Waals surface area contributed by atoms with Crippen LogP contribution in [0.4, 0.5) is 0 Å². The van der Waals surface area contributed by atoms with Crippen LogP contribution >= 0.6 is 34.4 Å². The molecule has 2 nitrogen and oxygen atoms in total. The SMILES string of the molecule is COc1c2cc(SC)sc2c(O)c2c[c]([Sn]([CH3])([CH3])[CH3])sc12. The van der Waals surface area contributed by atoms with Gasteiger partial charge in [-0.1, -0.05) is 0 Å². The van der Waals surface area contributed by atoms with Crippen molar-refractivity contribution in [2.24, 2.45) is 0 Å². The number of thiophene rings is 2. The average Bonchev–Trinajstić information content (AvgIpc) is 3.02. The van der Waals surface area contributed by atoms with Crippen LogP contribution in [0.25, 0.3) is 20.2 Å². The fraction of sp³-hybridized carbons (Fsp3) is 0.333. The van der Waals surface area contributed by atoms with Crippen LogP contribution in [-0.2, 0) is 0 Å². The standard InChI is InChI=1S/C12H9O2S3.3CH3.Sn/c1-14-10-7-5-8(15-2)17-11(7)9(13)6-3-4-16-12(6)10;;;;/h3,5,13H,1-2H3;3*1H3;. The molecule has 0 aliphatic heterocycles. The van der Waals surface area contributed by atoms with Gasteiger partial charge in [0.25, 0.3) is 0 Å². The van der Waals surface area contributed by atoms with E-state index in [1.807, 2.05) is 11.3 Å². The molecule has 0 spiro atoms. The third-order valence-electron chi connectivity index (χ3n) is 3.51. The summed E-state index contributed by atoms with van der Waals surface area (Å²) in [6, 6.07) is 4.33. The van der Waals surface area contributed by atoms with Crippen molar-refractivity contribution >= 4 is 75.9 Å². The van der Waals surface area contributed by atoms with Crippen LogP contribution in [0.3, 0.4) is 0 Å². The molecule has 2 heterocycles. The van der Waals surface area contributed by atoms with Crippen molar-refractivity contribution in [3.63, 3.8) is 0 Å². The van der Waals surface area contributed by atoms with Crippen molar-refractivity contribution in [1.82, 2.24) is 0 Å². The zero-order valence-electron chi connectivity index (χ0n) is 12.7. The van der Waals surface area contributed by atoms with Crippen LogP contribution in [0.2, 0.25) is 14.8 Å². The fourth-order valence-corrected chi connectivity index (χ4v) is 10.4. The number of benzene rings is 1. The summed E-state index contributed by atoms with van der Waals surface area (Å²) in [7, 11) is 1.72. The second kappa shape index (κ2) is 5.51. The van der Waals surface area contributed by atoms with Gasteiger partial charge in [0.1, 0.15) is 0 Å². The molecule has 0 aliphatic carbocycles. The minimum absolute atomic E-state index is 0.420. The Morgan fingerprint density at radius 2 is 1.81 bits per heavy atom. The van der Waals surface area contributed by atoms with E-state index in [1.54, 1.807) is 30.2 Å². The van der Waals surface area contributed by atoms with Gasteiger partial charge < -0.3 is 0 Å².